The minimum Gasteiger partial charge on any atom is -0.207 e. The van der Waals surface area contributed by atoms with Gasteiger partial charge in [-0.1, -0.05) is 18.9 Å². The molecule has 1 aliphatic carbocycles. The number of sulfonamides is 1. The highest BCUT2D eigenvalue weighted by Gasteiger charge is 2.46. The summed E-state index contributed by atoms with van der Waals surface area (Å²) in [5.41, 5.74) is 0.512. The summed E-state index contributed by atoms with van der Waals surface area (Å²) in [6, 6.07) is 2.25. The van der Waals surface area contributed by atoms with E-state index in [1.807, 2.05) is 4.72 Å². The summed E-state index contributed by atoms with van der Waals surface area (Å²) in [6.45, 7) is 1.58. The second kappa shape index (κ2) is 6.16. The van der Waals surface area contributed by atoms with Crippen LogP contribution in [0.4, 0.5) is 17.6 Å². The van der Waals surface area contributed by atoms with E-state index < -0.39 is 38.9 Å². The van der Waals surface area contributed by atoms with Crippen LogP contribution >= 0.6 is 0 Å². The van der Waals surface area contributed by atoms with E-state index in [4.69, 9.17) is 0 Å². The third-order valence-electron chi connectivity index (χ3n) is 3.87. The summed E-state index contributed by atoms with van der Waals surface area (Å²) < 4.78 is 79.2. The number of alkyl halides is 3. The van der Waals surface area contributed by atoms with Crippen LogP contribution in [0.15, 0.2) is 23.1 Å². The van der Waals surface area contributed by atoms with E-state index in [9.17, 15) is 26.0 Å². The molecule has 0 bridgehead atoms. The normalized spacial score (nSPS) is 23.5. The molecule has 1 aromatic carbocycles. The van der Waals surface area contributed by atoms with Gasteiger partial charge in [-0.05, 0) is 37.5 Å². The van der Waals surface area contributed by atoms with Crippen molar-refractivity contribution < 1.29 is 26.0 Å². The highest BCUT2D eigenvalue weighted by atomic mass is 32.2. The molecule has 2 atom stereocenters. The molecule has 1 aliphatic rings. The predicted molar refractivity (Wildman–Crippen MR) is 73.3 cm³/mol. The van der Waals surface area contributed by atoms with E-state index in [1.165, 1.54) is 6.07 Å². The Balaban J connectivity index is 2.29. The van der Waals surface area contributed by atoms with Gasteiger partial charge in [0, 0.05) is 6.04 Å². The molecule has 0 spiro atoms. The molecular weight excluding hydrogens is 322 g/mol. The highest BCUT2D eigenvalue weighted by Crippen LogP contribution is 2.38. The maximum atomic E-state index is 13.7. The molecule has 124 valence electrons. The molecule has 3 nitrogen and oxygen atoms in total. The Bertz CT molecular complexity index is 643. The number of hydrogen-bond acceptors (Lipinski definition) is 2. The summed E-state index contributed by atoms with van der Waals surface area (Å²) >= 11 is 0. The van der Waals surface area contributed by atoms with E-state index in [-0.39, 0.29) is 12.8 Å². The molecule has 1 aromatic rings. The van der Waals surface area contributed by atoms with Crippen molar-refractivity contribution in [1.82, 2.24) is 4.72 Å². The summed E-state index contributed by atoms with van der Waals surface area (Å²) in [7, 11) is -4.33. The minimum atomic E-state index is -4.47. The smallest absolute Gasteiger partial charge is 0.207 e. The first kappa shape index (κ1) is 17.2. The van der Waals surface area contributed by atoms with Gasteiger partial charge in [-0.3, -0.25) is 0 Å². The molecule has 2 rings (SSSR count). The fourth-order valence-corrected chi connectivity index (χ4v) is 4.22. The van der Waals surface area contributed by atoms with Crippen LogP contribution in [0.5, 0.6) is 0 Å². The van der Waals surface area contributed by atoms with Gasteiger partial charge in [0.25, 0.3) is 0 Å². The van der Waals surface area contributed by atoms with E-state index >= 15 is 0 Å². The molecule has 8 heteroatoms. The van der Waals surface area contributed by atoms with Crippen molar-refractivity contribution in [3.63, 3.8) is 0 Å². The van der Waals surface area contributed by atoms with Gasteiger partial charge in [0.1, 0.15) is 10.7 Å². The van der Waals surface area contributed by atoms with Crippen LogP contribution in [-0.2, 0) is 10.0 Å². The lowest BCUT2D eigenvalue weighted by molar-refractivity contribution is -0.187. The Kier molecular flexibility index (Phi) is 4.81. The molecule has 22 heavy (non-hydrogen) atoms. The van der Waals surface area contributed by atoms with Crippen LogP contribution in [0.3, 0.4) is 0 Å². The summed E-state index contributed by atoms with van der Waals surface area (Å²) in [5, 5.41) is 0. The third kappa shape index (κ3) is 3.78. The molecule has 0 radical (unpaired) electrons. The minimum absolute atomic E-state index is 0.0941. The van der Waals surface area contributed by atoms with Crippen molar-refractivity contribution in [2.75, 3.05) is 0 Å². The largest absolute Gasteiger partial charge is 0.393 e. The third-order valence-corrected chi connectivity index (χ3v) is 5.37. The average molecular weight is 339 g/mol. The molecule has 0 aromatic heterocycles. The Hall–Kier alpha value is -1.15. The topological polar surface area (TPSA) is 46.2 Å². The molecule has 0 aliphatic heterocycles. The number of benzene rings is 1. The van der Waals surface area contributed by atoms with Gasteiger partial charge in [-0.2, -0.15) is 13.2 Å². The zero-order chi connectivity index (χ0) is 16.5. The van der Waals surface area contributed by atoms with E-state index in [0.29, 0.717) is 18.4 Å². The molecule has 1 fully saturated rings. The fourth-order valence-electron chi connectivity index (χ4n) is 2.74. The number of hydrogen-bond donors (Lipinski definition) is 1. The van der Waals surface area contributed by atoms with Gasteiger partial charge in [0.15, 0.2) is 0 Å². The van der Waals surface area contributed by atoms with Gasteiger partial charge >= 0.3 is 6.18 Å². The summed E-state index contributed by atoms with van der Waals surface area (Å²) in [5.74, 6) is -2.71. The number of aryl methyl sites for hydroxylation is 1. The standard InChI is InChI=1S/C14H17F4NO2S/c1-9-6-7-11(15)13(8-9)22(20,21)19-12-5-3-2-4-10(12)14(16,17)18/h6-8,10,12,19H,2-5H2,1H3/t10-,12-/m0/s1. The summed E-state index contributed by atoms with van der Waals surface area (Å²) in [6.07, 6.45) is -3.58. The van der Waals surface area contributed by atoms with Crippen molar-refractivity contribution in [1.29, 1.82) is 0 Å². The maximum absolute atomic E-state index is 13.7. The Morgan fingerprint density at radius 3 is 2.45 bits per heavy atom. The molecular formula is C14H17F4NO2S. The van der Waals surface area contributed by atoms with Gasteiger partial charge < -0.3 is 0 Å². The van der Waals surface area contributed by atoms with E-state index in [0.717, 1.165) is 12.1 Å². The van der Waals surface area contributed by atoms with Gasteiger partial charge in [-0.15, -0.1) is 0 Å². The molecule has 1 saturated carbocycles. The predicted octanol–water partition coefficient (Wildman–Crippen LogP) is 3.53. The number of nitrogens with one attached hydrogen (secondary N) is 1. The molecule has 1 N–H and O–H groups in total. The van der Waals surface area contributed by atoms with Crippen LogP contribution in [0.2, 0.25) is 0 Å². The molecule has 0 saturated heterocycles. The second-order valence-electron chi connectivity index (χ2n) is 5.59. The van der Waals surface area contributed by atoms with Gasteiger partial charge in [0.05, 0.1) is 5.92 Å². The Morgan fingerprint density at radius 1 is 1.18 bits per heavy atom. The van der Waals surface area contributed by atoms with Crippen LogP contribution in [0, 0.1) is 18.7 Å². The zero-order valence-electron chi connectivity index (χ0n) is 12.0. The van der Waals surface area contributed by atoms with E-state index in [1.54, 1.807) is 6.92 Å². The Labute approximate surface area is 126 Å². The first-order chi connectivity index (χ1) is 10.1. The highest BCUT2D eigenvalue weighted by molar-refractivity contribution is 7.89. The average Bonchev–Trinajstić information content (AvgIpc) is 2.40. The first-order valence-electron chi connectivity index (χ1n) is 6.96. The SMILES string of the molecule is Cc1ccc(F)c(S(=O)(=O)N[C@H]2CCCC[C@@H]2C(F)(F)F)c1. The zero-order valence-corrected chi connectivity index (χ0v) is 12.8. The fraction of sp³-hybridized carbons (Fsp3) is 0.571. The molecule has 0 heterocycles. The summed E-state index contributed by atoms with van der Waals surface area (Å²) in [4.78, 5) is -0.612. The van der Waals surface area contributed by atoms with Crippen molar-refractivity contribution in [3.05, 3.63) is 29.6 Å². The van der Waals surface area contributed by atoms with Crippen LogP contribution in [0.1, 0.15) is 31.2 Å². The second-order valence-corrected chi connectivity index (χ2v) is 7.28. The van der Waals surface area contributed by atoms with Crippen LogP contribution < -0.4 is 4.72 Å². The van der Waals surface area contributed by atoms with Crippen molar-refractivity contribution in [2.24, 2.45) is 5.92 Å². The van der Waals surface area contributed by atoms with Crippen molar-refractivity contribution in [3.8, 4) is 0 Å². The first-order valence-corrected chi connectivity index (χ1v) is 8.45. The van der Waals surface area contributed by atoms with Gasteiger partial charge in [0.2, 0.25) is 10.0 Å². The Morgan fingerprint density at radius 2 is 1.82 bits per heavy atom. The van der Waals surface area contributed by atoms with Crippen molar-refractivity contribution in [2.45, 2.75) is 49.7 Å². The van der Waals surface area contributed by atoms with E-state index in [2.05, 4.69) is 0 Å². The lowest BCUT2D eigenvalue weighted by atomic mass is 9.85. The molecule has 0 amide bonds. The lowest BCUT2D eigenvalue weighted by Crippen LogP contribution is -2.47. The number of rotatable bonds is 3. The number of halogens is 4. The van der Waals surface area contributed by atoms with Crippen LogP contribution in [0.25, 0.3) is 0 Å². The van der Waals surface area contributed by atoms with Crippen LogP contribution in [-0.4, -0.2) is 20.6 Å². The monoisotopic (exact) mass is 339 g/mol. The quantitative estimate of drug-likeness (QED) is 0.857. The maximum Gasteiger partial charge on any atom is 0.393 e. The lowest BCUT2D eigenvalue weighted by Gasteiger charge is -2.33. The molecule has 0 unspecified atom stereocenters. The van der Waals surface area contributed by atoms with Crippen molar-refractivity contribution >= 4 is 10.0 Å². The van der Waals surface area contributed by atoms with Gasteiger partial charge in [-0.25, -0.2) is 17.5 Å².